The largest absolute Gasteiger partial charge is 0.352 e. The number of amides is 1. The Labute approximate surface area is 167 Å². The molecule has 0 spiro atoms. The summed E-state index contributed by atoms with van der Waals surface area (Å²) in [5.74, 6) is -0.0674. The molecule has 0 aliphatic carbocycles. The number of nitrogens with zero attached hydrogens (tertiary/aromatic N) is 3. The van der Waals surface area contributed by atoms with Gasteiger partial charge < -0.3 is 5.32 Å². The first kappa shape index (κ1) is 18.1. The van der Waals surface area contributed by atoms with Gasteiger partial charge >= 0.3 is 0 Å². The van der Waals surface area contributed by atoms with E-state index in [9.17, 15) is 4.79 Å². The van der Waals surface area contributed by atoms with E-state index in [0.29, 0.717) is 18.7 Å². The maximum Gasteiger partial charge on any atom is 0.251 e. The van der Waals surface area contributed by atoms with Crippen molar-refractivity contribution in [2.24, 2.45) is 0 Å². The summed E-state index contributed by atoms with van der Waals surface area (Å²) < 4.78 is 1.84. The van der Waals surface area contributed by atoms with Crippen LogP contribution < -0.4 is 5.32 Å². The molecule has 6 heteroatoms. The third-order valence-corrected chi connectivity index (χ3v) is 5.25. The summed E-state index contributed by atoms with van der Waals surface area (Å²) in [7, 11) is 0. The third kappa shape index (κ3) is 4.53. The molecule has 4 aromatic rings. The van der Waals surface area contributed by atoms with E-state index in [0.717, 1.165) is 28.2 Å². The van der Waals surface area contributed by atoms with Crippen molar-refractivity contribution in [2.45, 2.75) is 13.0 Å². The van der Waals surface area contributed by atoms with Crippen molar-refractivity contribution < 1.29 is 4.79 Å². The Hall–Kier alpha value is -3.25. The van der Waals surface area contributed by atoms with Gasteiger partial charge in [0.05, 0.1) is 17.2 Å². The van der Waals surface area contributed by atoms with Gasteiger partial charge in [-0.2, -0.15) is 5.10 Å². The molecule has 1 amide bonds. The minimum absolute atomic E-state index is 0.0674. The van der Waals surface area contributed by atoms with Crippen molar-refractivity contribution >= 4 is 17.2 Å². The number of nitrogens with one attached hydrogen (secondary N) is 1. The van der Waals surface area contributed by atoms with Crippen LogP contribution in [0.2, 0.25) is 0 Å². The highest BCUT2D eigenvalue weighted by atomic mass is 32.1. The molecule has 2 heterocycles. The van der Waals surface area contributed by atoms with Crippen molar-refractivity contribution in [3.63, 3.8) is 0 Å². The second kappa shape index (κ2) is 8.63. The van der Waals surface area contributed by atoms with Crippen LogP contribution in [-0.2, 0) is 13.0 Å². The number of hydrogen-bond acceptors (Lipinski definition) is 4. The fourth-order valence-corrected chi connectivity index (χ4v) is 3.75. The highest BCUT2D eigenvalue weighted by Gasteiger charge is 2.08. The lowest BCUT2D eigenvalue weighted by atomic mass is 10.1. The zero-order chi connectivity index (χ0) is 19.2. The standard InChI is InChI=1S/C22H20N4OS/c27-22(19-9-4-6-17(14-19)15-26-13-5-11-24-26)23-12-10-21-25-20(16-28-21)18-7-2-1-3-8-18/h1-9,11,13-14,16H,10,12,15H2,(H,23,27). The lowest BCUT2D eigenvalue weighted by Gasteiger charge is -2.07. The van der Waals surface area contributed by atoms with Gasteiger partial charge in [0.2, 0.25) is 0 Å². The van der Waals surface area contributed by atoms with Crippen molar-refractivity contribution in [3.8, 4) is 11.3 Å². The van der Waals surface area contributed by atoms with Crippen molar-refractivity contribution in [2.75, 3.05) is 6.54 Å². The Morgan fingerprint density at radius 1 is 1.07 bits per heavy atom. The third-order valence-electron chi connectivity index (χ3n) is 4.34. The molecule has 140 valence electrons. The average Bonchev–Trinajstić information content (AvgIpc) is 3.41. The summed E-state index contributed by atoms with van der Waals surface area (Å²) in [6, 6.07) is 19.7. The van der Waals surface area contributed by atoms with Crippen molar-refractivity contribution in [1.29, 1.82) is 0 Å². The first-order valence-electron chi connectivity index (χ1n) is 9.12. The number of thiazole rings is 1. The van der Waals surface area contributed by atoms with Crippen LogP contribution in [0.1, 0.15) is 20.9 Å². The lowest BCUT2D eigenvalue weighted by molar-refractivity contribution is 0.0954. The first-order chi connectivity index (χ1) is 13.8. The van der Waals surface area contributed by atoms with E-state index in [1.807, 2.05) is 59.4 Å². The zero-order valence-electron chi connectivity index (χ0n) is 15.3. The van der Waals surface area contributed by atoms with Crippen LogP contribution in [0.15, 0.2) is 78.4 Å². The molecule has 0 saturated heterocycles. The average molecular weight is 388 g/mol. The van der Waals surface area contributed by atoms with Gasteiger partial charge in [0.1, 0.15) is 0 Å². The van der Waals surface area contributed by atoms with Crippen LogP contribution in [0, 0.1) is 0 Å². The second-order valence-electron chi connectivity index (χ2n) is 6.40. The molecule has 0 fully saturated rings. The predicted molar refractivity (Wildman–Crippen MR) is 111 cm³/mol. The summed E-state index contributed by atoms with van der Waals surface area (Å²) in [5, 5.41) is 10.3. The molecule has 5 nitrogen and oxygen atoms in total. The fourth-order valence-electron chi connectivity index (χ4n) is 2.94. The number of rotatable bonds is 7. The molecule has 28 heavy (non-hydrogen) atoms. The normalized spacial score (nSPS) is 10.7. The van der Waals surface area contributed by atoms with Crippen LogP contribution in [0.5, 0.6) is 0 Å². The summed E-state index contributed by atoms with van der Waals surface area (Å²) in [6.45, 7) is 1.21. The minimum Gasteiger partial charge on any atom is -0.352 e. The van der Waals surface area contributed by atoms with Crippen LogP contribution in [-0.4, -0.2) is 27.2 Å². The first-order valence-corrected chi connectivity index (χ1v) is 10.0. The molecule has 2 aromatic carbocycles. The van der Waals surface area contributed by atoms with E-state index in [1.165, 1.54) is 0 Å². The number of carbonyl (C=O) groups excluding carboxylic acids is 1. The molecule has 2 aromatic heterocycles. The molecular formula is C22H20N4OS. The second-order valence-corrected chi connectivity index (χ2v) is 7.35. The number of hydrogen-bond donors (Lipinski definition) is 1. The van der Waals surface area contributed by atoms with Gasteiger partial charge in [0, 0.05) is 41.9 Å². The molecule has 1 N–H and O–H groups in total. The summed E-state index contributed by atoms with van der Waals surface area (Å²) in [5.41, 5.74) is 3.80. The maximum absolute atomic E-state index is 12.5. The molecule has 0 saturated carbocycles. The van der Waals surface area contributed by atoms with E-state index in [-0.39, 0.29) is 5.91 Å². The molecule has 0 radical (unpaired) electrons. The molecule has 0 atom stereocenters. The van der Waals surface area contributed by atoms with E-state index in [4.69, 9.17) is 0 Å². The zero-order valence-corrected chi connectivity index (χ0v) is 16.1. The number of benzene rings is 2. The maximum atomic E-state index is 12.5. The van der Waals surface area contributed by atoms with Gasteiger partial charge in [-0.3, -0.25) is 9.48 Å². The summed E-state index contributed by atoms with van der Waals surface area (Å²) in [4.78, 5) is 17.1. The van der Waals surface area contributed by atoms with Crippen LogP contribution in [0.4, 0.5) is 0 Å². The topological polar surface area (TPSA) is 59.8 Å². The summed E-state index contributed by atoms with van der Waals surface area (Å²) >= 11 is 1.62. The molecule has 4 rings (SSSR count). The van der Waals surface area contributed by atoms with Gasteiger partial charge in [0.25, 0.3) is 5.91 Å². The molecular weight excluding hydrogens is 368 g/mol. The smallest absolute Gasteiger partial charge is 0.251 e. The summed E-state index contributed by atoms with van der Waals surface area (Å²) in [6.07, 6.45) is 4.37. The Morgan fingerprint density at radius 3 is 2.79 bits per heavy atom. The van der Waals surface area contributed by atoms with Gasteiger partial charge in [-0.25, -0.2) is 4.98 Å². The van der Waals surface area contributed by atoms with Crippen molar-refractivity contribution in [3.05, 3.63) is 94.6 Å². The number of carbonyl (C=O) groups is 1. The molecule has 0 unspecified atom stereocenters. The van der Waals surface area contributed by atoms with Gasteiger partial charge in [-0.05, 0) is 23.8 Å². The van der Waals surface area contributed by atoms with E-state index in [2.05, 4.69) is 32.9 Å². The quantitative estimate of drug-likeness (QED) is 0.520. The van der Waals surface area contributed by atoms with Gasteiger partial charge in [-0.15, -0.1) is 11.3 Å². The fraction of sp³-hybridized carbons (Fsp3) is 0.136. The Morgan fingerprint density at radius 2 is 1.96 bits per heavy atom. The van der Waals surface area contributed by atoms with Crippen LogP contribution >= 0.6 is 11.3 Å². The molecule has 0 aliphatic rings. The Kier molecular flexibility index (Phi) is 5.58. The van der Waals surface area contributed by atoms with Crippen LogP contribution in [0.25, 0.3) is 11.3 Å². The molecule has 0 bridgehead atoms. The SMILES string of the molecule is O=C(NCCc1nc(-c2ccccc2)cs1)c1cccc(Cn2cccn2)c1. The van der Waals surface area contributed by atoms with Gasteiger partial charge in [0.15, 0.2) is 0 Å². The highest BCUT2D eigenvalue weighted by Crippen LogP contribution is 2.21. The monoisotopic (exact) mass is 388 g/mol. The Balaban J connectivity index is 1.32. The van der Waals surface area contributed by atoms with Crippen molar-refractivity contribution in [1.82, 2.24) is 20.1 Å². The van der Waals surface area contributed by atoms with E-state index >= 15 is 0 Å². The van der Waals surface area contributed by atoms with Crippen LogP contribution in [0.3, 0.4) is 0 Å². The predicted octanol–water partition coefficient (Wildman–Crippen LogP) is 4.03. The number of aromatic nitrogens is 3. The Bertz CT molecular complexity index is 1040. The highest BCUT2D eigenvalue weighted by molar-refractivity contribution is 7.09. The van der Waals surface area contributed by atoms with Gasteiger partial charge in [-0.1, -0.05) is 42.5 Å². The van der Waals surface area contributed by atoms with E-state index in [1.54, 1.807) is 17.5 Å². The minimum atomic E-state index is -0.0674. The van der Waals surface area contributed by atoms with E-state index < -0.39 is 0 Å². The molecule has 0 aliphatic heterocycles. The lowest BCUT2D eigenvalue weighted by Crippen LogP contribution is -2.25.